The third-order valence-corrected chi connectivity index (χ3v) is 2.59. The summed E-state index contributed by atoms with van der Waals surface area (Å²) < 4.78 is 0. The second-order valence-corrected chi connectivity index (χ2v) is 4.30. The number of urea groups is 1. The quantitative estimate of drug-likeness (QED) is 0.786. The van der Waals surface area contributed by atoms with E-state index in [1.807, 2.05) is 38.2 Å². The molecule has 0 saturated carbocycles. The topological polar surface area (TPSA) is 44.4 Å². The predicted molar refractivity (Wildman–Crippen MR) is 77.2 cm³/mol. The summed E-state index contributed by atoms with van der Waals surface area (Å²) >= 11 is 0. The monoisotopic (exact) mass is 247 g/mol. The Morgan fingerprint density at radius 2 is 2.06 bits per heavy atom. The van der Waals surface area contributed by atoms with Crippen LogP contribution in [0.2, 0.25) is 0 Å². The molecule has 0 aliphatic heterocycles. The zero-order valence-electron chi connectivity index (χ0n) is 11.3. The summed E-state index contributed by atoms with van der Waals surface area (Å²) in [5, 5.41) is 5.59. The van der Waals surface area contributed by atoms with Gasteiger partial charge in [0.2, 0.25) is 0 Å². The molecule has 2 N–H and O–H groups in total. The second-order valence-electron chi connectivity index (χ2n) is 4.30. The maximum atomic E-state index is 11.7. The molecular formula is C14H21N3O. The average molecular weight is 247 g/mol. The first kappa shape index (κ1) is 14.1. The van der Waals surface area contributed by atoms with Gasteiger partial charge in [-0.1, -0.05) is 24.3 Å². The fraction of sp³-hybridized carbons (Fsp3) is 0.357. The van der Waals surface area contributed by atoms with Gasteiger partial charge in [0, 0.05) is 20.1 Å². The SMILES string of the molecule is C=C(C)CNC(=O)Nc1ccccc1N(C)CC. The summed E-state index contributed by atoms with van der Waals surface area (Å²) in [6.07, 6.45) is 0. The molecule has 0 spiro atoms. The zero-order valence-corrected chi connectivity index (χ0v) is 11.3. The van der Waals surface area contributed by atoms with Gasteiger partial charge < -0.3 is 15.5 Å². The van der Waals surface area contributed by atoms with E-state index in [0.717, 1.165) is 23.5 Å². The van der Waals surface area contributed by atoms with Gasteiger partial charge >= 0.3 is 6.03 Å². The van der Waals surface area contributed by atoms with Gasteiger partial charge in [-0.3, -0.25) is 0 Å². The molecule has 0 aromatic heterocycles. The Kier molecular flexibility index (Phi) is 5.24. The number of carbonyl (C=O) groups is 1. The molecule has 1 rings (SSSR count). The van der Waals surface area contributed by atoms with E-state index in [1.54, 1.807) is 0 Å². The maximum absolute atomic E-state index is 11.7. The molecule has 98 valence electrons. The molecule has 1 aromatic carbocycles. The Labute approximate surface area is 109 Å². The predicted octanol–water partition coefficient (Wildman–Crippen LogP) is 2.84. The molecule has 0 bridgehead atoms. The normalized spacial score (nSPS) is 9.72. The maximum Gasteiger partial charge on any atom is 0.319 e. The smallest absolute Gasteiger partial charge is 0.319 e. The Hall–Kier alpha value is -1.97. The van der Waals surface area contributed by atoms with Gasteiger partial charge in [-0.05, 0) is 26.0 Å². The number of hydrogen-bond acceptors (Lipinski definition) is 2. The van der Waals surface area contributed by atoms with Crippen LogP contribution >= 0.6 is 0 Å². The summed E-state index contributed by atoms with van der Waals surface area (Å²) in [5.41, 5.74) is 2.73. The first-order valence-corrected chi connectivity index (χ1v) is 6.04. The minimum atomic E-state index is -0.213. The summed E-state index contributed by atoms with van der Waals surface area (Å²) in [7, 11) is 1.99. The molecule has 18 heavy (non-hydrogen) atoms. The summed E-state index contributed by atoms with van der Waals surface area (Å²) in [6.45, 7) is 9.05. The lowest BCUT2D eigenvalue weighted by molar-refractivity contribution is 0.253. The minimum absolute atomic E-state index is 0.213. The van der Waals surface area contributed by atoms with E-state index >= 15 is 0 Å². The van der Waals surface area contributed by atoms with Gasteiger partial charge in [-0.25, -0.2) is 4.79 Å². The summed E-state index contributed by atoms with van der Waals surface area (Å²) in [4.78, 5) is 13.8. The minimum Gasteiger partial charge on any atom is -0.373 e. The number of amides is 2. The van der Waals surface area contributed by atoms with Crippen LogP contribution in [0.3, 0.4) is 0 Å². The van der Waals surface area contributed by atoms with Crippen molar-refractivity contribution in [3.05, 3.63) is 36.4 Å². The van der Waals surface area contributed by atoms with Crippen molar-refractivity contribution in [2.45, 2.75) is 13.8 Å². The number of hydrogen-bond donors (Lipinski definition) is 2. The standard InChI is InChI=1S/C14H21N3O/c1-5-17(4)13-9-7-6-8-12(13)16-14(18)15-10-11(2)3/h6-9H,2,5,10H2,1,3-4H3,(H2,15,16,18). The highest BCUT2D eigenvalue weighted by atomic mass is 16.2. The molecule has 1 aromatic rings. The van der Waals surface area contributed by atoms with Crippen molar-refractivity contribution < 1.29 is 4.79 Å². The van der Waals surface area contributed by atoms with Crippen LogP contribution in [-0.2, 0) is 0 Å². The molecule has 2 amide bonds. The molecule has 0 saturated heterocycles. The zero-order chi connectivity index (χ0) is 13.5. The fourth-order valence-electron chi connectivity index (χ4n) is 1.48. The molecular weight excluding hydrogens is 226 g/mol. The molecule has 0 atom stereocenters. The molecule has 0 heterocycles. The molecule has 0 aliphatic rings. The van der Waals surface area contributed by atoms with E-state index in [0.29, 0.717) is 6.54 Å². The van der Waals surface area contributed by atoms with E-state index in [9.17, 15) is 4.79 Å². The average Bonchev–Trinajstić information content (AvgIpc) is 2.36. The number of rotatable bonds is 5. The lowest BCUT2D eigenvalue weighted by atomic mass is 10.2. The number of nitrogens with zero attached hydrogens (tertiary/aromatic N) is 1. The van der Waals surface area contributed by atoms with Crippen molar-refractivity contribution in [2.75, 3.05) is 30.4 Å². The van der Waals surface area contributed by atoms with Gasteiger partial charge in [-0.2, -0.15) is 0 Å². The van der Waals surface area contributed by atoms with Crippen molar-refractivity contribution in [3.8, 4) is 0 Å². The van der Waals surface area contributed by atoms with Gasteiger partial charge in [-0.15, -0.1) is 0 Å². The van der Waals surface area contributed by atoms with Crippen LogP contribution in [0, 0.1) is 0 Å². The molecule has 0 aliphatic carbocycles. The van der Waals surface area contributed by atoms with E-state index < -0.39 is 0 Å². The van der Waals surface area contributed by atoms with E-state index in [2.05, 4.69) is 29.0 Å². The van der Waals surface area contributed by atoms with Crippen LogP contribution in [0.25, 0.3) is 0 Å². The van der Waals surface area contributed by atoms with Crippen molar-refractivity contribution in [1.29, 1.82) is 0 Å². The Morgan fingerprint density at radius 3 is 2.67 bits per heavy atom. The van der Waals surface area contributed by atoms with Crippen LogP contribution < -0.4 is 15.5 Å². The summed E-state index contributed by atoms with van der Waals surface area (Å²) in [6, 6.07) is 7.52. The molecule has 0 unspecified atom stereocenters. The van der Waals surface area contributed by atoms with Crippen LogP contribution in [0.1, 0.15) is 13.8 Å². The first-order chi connectivity index (χ1) is 8.54. The molecule has 4 nitrogen and oxygen atoms in total. The van der Waals surface area contributed by atoms with Crippen LogP contribution in [0.5, 0.6) is 0 Å². The fourth-order valence-corrected chi connectivity index (χ4v) is 1.48. The van der Waals surface area contributed by atoms with Crippen molar-refractivity contribution in [2.24, 2.45) is 0 Å². The van der Waals surface area contributed by atoms with Crippen LogP contribution in [0.15, 0.2) is 36.4 Å². The highest BCUT2D eigenvalue weighted by molar-refractivity contribution is 5.93. The van der Waals surface area contributed by atoms with Gasteiger partial charge in [0.15, 0.2) is 0 Å². The Morgan fingerprint density at radius 1 is 1.39 bits per heavy atom. The molecule has 0 radical (unpaired) electrons. The Bertz CT molecular complexity index is 429. The van der Waals surface area contributed by atoms with E-state index in [4.69, 9.17) is 0 Å². The number of carbonyl (C=O) groups excluding carboxylic acids is 1. The number of anilines is 2. The van der Waals surface area contributed by atoms with Gasteiger partial charge in [0.1, 0.15) is 0 Å². The summed E-state index contributed by atoms with van der Waals surface area (Å²) in [5.74, 6) is 0. The highest BCUT2D eigenvalue weighted by Crippen LogP contribution is 2.23. The number of benzene rings is 1. The van der Waals surface area contributed by atoms with Crippen molar-refractivity contribution >= 4 is 17.4 Å². The van der Waals surface area contributed by atoms with Crippen molar-refractivity contribution in [3.63, 3.8) is 0 Å². The number of nitrogens with one attached hydrogen (secondary N) is 2. The van der Waals surface area contributed by atoms with E-state index in [1.165, 1.54) is 0 Å². The number of para-hydroxylation sites is 2. The largest absolute Gasteiger partial charge is 0.373 e. The van der Waals surface area contributed by atoms with Crippen LogP contribution in [-0.4, -0.2) is 26.2 Å². The highest BCUT2D eigenvalue weighted by Gasteiger charge is 2.08. The lowest BCUT2D eigenvalue weighted by Crippen LogP contribution is -2.30. The Balaban J connectivity index is 2.72. The van der Waals surface area contributed by atoms with Crippen molar-refractivity contribution in [1.82, 2.24) is 5.32 Å². The first-order valence-electron chi connectivity index (χ1n) is 6.04. The molecule has 0 fully saturated rings. The third-order valence-electron chi connectivity index (χ3n) is 2.59. The van der Waals surface area contributed by atoms with Gasteiger partial charge in [0.05, 0.1) is 11.4 Å². The third kappa shape index (κ3) is 4.13. The van der Waals surface area contributed by atoms with E-state index in [-0.39, 0.29) is 6.03 Å². The lowest BCUT2D eigenvalue weighted by Gasteiger charge is -2.20. The molecule has 4 heteroatoms. The second kappa shape index (κ2) is 6.69. The van der Waals surface area contributed by atoms with Crippen LogP contribution in [0.4, 0.5) is 16.2 Å². The van der Waals surface area contributed by atoms with Gasteiger partial charge in [0.25, 0.3) is 0 Å².